The van der Waals surface area contributed by atoms with Crippen molar-refractivity contribution in [1.29, 1.82) is 0 Å². The molecular formula is C23H14Cl3NO3. The Hall–Kier alpha value is -2.92. The molecule has 30 heavy (non-hydrogen) atoms. The predicted molar refractivity (Wildman–Crippen MR) is 122 cm³/mol. The van der Waals surface area contributed by atoms with Crippen molar-refractivity contribution in [3.63, 3.8) is 0 Å². The Bertz CT molecular complexity index is 1270. The Morgan fingerprint density at radius 2 is 1.47 bits per heavy atom. The second-order valence-corrected chi connectivity index (χ2v) is 7.73. The maximum atomic E-state index is 12.7. The van der Waals surface area contributed by atoms with Gasteiger partial charge in [0.05, 0.1) is 11.3 Å². The van der Waals surface area contributed by atoms with E-state index >= 15 is 0 Å². The number of hydrogen-bond acceptors (Lipinski definition) is 3. The van der Waals surface area contributed by atoms with Crippen molar-refractivity contribution in [1.82, 2.24) is 0 Å². The van der Waals surface area contributed by atoms with Gasteiger partial charge in [-0.05, 0) is 48.5 Å². The number of phenols is 1. The normalized spacial score (nSPS) is 10.8. The topological polar surface area (TPSA) is 58.6 Å². The summed E-state index contributed by atoms with van der Waals surface area (Å²) in [5.41, 5.74) is 0.372. The summed E-state index contributed by atoms with van der Waals surface area (Å²) < 4.78 is 6.10. The van der Waals surface area contributed by atoms with Crippen LogP contribution in [0.5, 0.6) is 17.2 Å². The van der Waals surface area contributed by atoms with Crippen LogP contribution in [-0.4, -0.2) is 11.0 Å². The summed E-state index contributed by atoms with van der Waals surface area (Å²) in [6.07, 6.45) is 0. The number of phenolic OH excluding ortho intramolecular Hbond substituents is 1. The zero-order valence-electron chi connectivity index (χ0n) is 15.3. The first-order valence-corrected chi connectivity index (χ1v) is 10.0. The first-order chi connectivity index (χ1) is 14.4. The largest absolute Gasteiger partial charge is 0.507 e. The number of anilines is 1. The van der Waals surface area contributed by atoms with E-state index < -0.39 is 5.91 Å². The Kier molecular flexibility index (Phi) is 5.73. The smallest absolute Gasteiger partial charge is 0.259 e. The minimum Gasteiger partial charge on any atom is -0.507 e. The van der Waals surface area contributed by atoms with Crippen LogP contribution in [0.3, 0.4) is 0 Å². The second kappa shape index (κ2) is 8.44. The van der Waals surface area contributed by atoms with Crippen LogP contribution in [0, 0.1) is 0 Å². The minimum absolute atomic E-state index is 0.0327. The van der Waals surface area contributed by atoms with Crippen molar-refractivity contribution in [2.75, 3.05) is 5.32 Å². The van der Waals surface area contributed by atoms with E-state index in [1.165, 1.54) is 18.2 Å². The van der Waals surface area contributed by atoms with E-state index in [9.17, 15) is 9.90 Å². The molecule has 0 heterocycles. The molecule has 0 fully saturated rings. The lowest BCUT2D eigenvalue weighted by Crippen LogP contribution is -2.13. The predicted octanol–water partition coefficient (Wildman–Crippen LogP) is 7.55. The Balaban J connectivity index is 1.71. The fourth-order valence-electron chi connectivity index (χ4n) is 3.01. The minimum atomic E-state index is -0.553. The van der Waals surface area contributed by atoms with E-state index in [0.717, 1.165) is 10.8 Å². The van der Waals surface area contributed by atoms with Crippen LogP contribution >= 0.6 is 34.8 Å². The molecule has 0 atom stereocenters. The number of hydrogen-bond donors (Lipinski definition) is 2. The van der Waals surface area contributed by atoms with E-state index in [1.54, 1.807) is 30.3 Å². The van der Waals surface area contributed by atoms with E-state index in [2.05, 4.69) is 5.32 Å². The van der Waals surface area contributed by atoms with Gasteiger partial charge in [0.25, 0.3) is 5.91 Å². The van der Waals surface area contributed by atoms with Gasteiger partial charge in [0.1, 0.15) is 11.5 Å². The molecule has 0 radical (unpaired) electrons. The van der Waals surface area contributed by atoms with Crippen LogP contribution in [0.15, 0.2) is 72.8 Å². The molecule has 0 bridgehead atoms. The molecule has 2 N–H and O–H groups in total. The Morgan fingerprint density at radius 1 is 0.800 bits per heavy atom. The number of aromatic hydroxyl groups is 1. The third-order valence-electron chi connectivity index (χ3n) is 4.44. The molecular weight excluding hydrogens is 445 g/mol. The maximum Gasteiger partial charge on any atom is 0.259 e. The molecule has 0 aliphatic heterocycles. The molecule has 1 amide bonds. The highest BCUT2D eigenvalue weighted by Gasteiger charge is 2.16. The monoisotopic (exact) mass is 457 g/mol. The van der Waals surface area contributed by atoms with Gasteiger partial charge in [-0.2, -0.15) is 0 Å². The number of amides is 1. The second-order valence-electron chi connectivity index (χ2n) is 6.45. The summed E-state index contributed by atoms with van der Waals surface area (Å²) >= 11 is 18.4. The fourth-order valence-corrected chi connectivity index (χ4v) is 3.58. The van der Waals surface area contributed by atoms with E-state index in [1.807, 2.05) is 24.3 Å². The number of fused-ring (bicyclic) bond motifs is 1. The molecule has 0 spiro atoms. The highest BCUT2D eigenvalue weighted by molar-refractivity contribution is 6.35. The van der Waals surface area contributed by atoms with Gasteiger partial charge in [-0.15, -0.1) is 0 Å². The number of ether oxygens (including phenoxy) is 1. The summed E-state index contributed by atoms with van der Waals surface area (Å²) in [6, 6.07) is 20.2. The van der Waals surface area contributed by atoms with Crippen LogP contribution in [0.1, 0.15) is 10.4 Å². The quantitative estimate of drug-likeness (QED) is 0.332. The third-order valence-corrected chi connectivity index (χ3v) is 5.24. The number of carbonyl (C=O) groups is 1. The van der Waals surface area contributed by atoms with Crippen molar-refractivity contribution >= 4 is 57.2 Å². The number of nitrogens with one attached hydrogen (secondary N) is 1. The summed E-state index contributed by atoms with van der Waals surface area (Å²) in [5, 5.41) is 15.7. The summed E-state index contributed by atoms with van der Waals surface area (Å²) in [5.74, 6) is 0.202. The molecule has 0 aromatic heterocycles. The lowest BCUT2D eigenvalue weighted by atomic mass is 10.1. The molecule has 4 aromatic rings. The summed E-state index contributed by atoms with van der Waals surface area (Å²) in [6.45, 7) is 0. The van der Waals surface area contributed by atoms with Gasteiger partial charge in [0.15, 0.2) is 5.75 Å². The molecule has 0 saturated heterocycles. The molecule has 0 aliphatic rings. The molecule has 0 saturated carbocycles. The lowest BCUT2D eigenvalue weighted by molar-refractivity contribution is 0.102. The van der Waals surface area contributed by atoms with Crippen LogP contribution in [0.2, 0.25) is 15.1 Å². The molecule has 4 nitrogen and oxygen atoms in total. The van der Waals surface area contributed by atoms with Gasteiger partial charge >= 0.3 is 0 Å². The number of benzene rings is 4. The van der Waals surface area contributed by atoms with E-state index in [-0.39, 0.29) is 11.3 Å². The van der Waals surface area contributed by atoms with Crippen LogP contribution in [-0.2, 0) is 0 Å². The van der Waals surface area contributed by atoms with Gasteiger partial charge < -0.3 is 15.2 Å². The average Bonchev–Trinajstić information content (AvgIpc) is 2.73. The standard InChI is InChI=1S/C23H14Cl3NO3/c24-13-5-8-20(28)17(11-13)23(29)27-19-12-14(25)6-9-22(19)30-21-10-7-18(26)15-3-1-2-4-16(15)21/h1-12,28H,(H,27,29). The van der Waals surface area contributed by atoms with Crippen molar-refractivity contribution in [2.24, 2.45) is 0 Å². The van der Waals surface area contributed by atoms with Crippen molar-refractivity contribution in [3.8, 4) is 17.2 Å². The molecule has 7 heteroatoms. The fraction of sp³-hybridized carbons (Fsp3) is 0. The molecule has 4 rings (SSSR count). The third kappa shape index (κ3) is 4.17. The van der Waals surface area contributed by atoms with Gasteiger partial charge in [-0.25, -0.2) is 0 Å². The first kappa shape index (κ1) is 20.4. The molecule has 4 aromatic carbocycles. The summed E-state index contributed by atoms with van der Waals surface area (Å²) in [7, 11) is 0. The summed E-state index contributed by atoms with van der Waals surface area (Å²) in [4.78, 5) is 12.7. The zero-order chi connectivity index (χ0) is 21.3. The van der Waals surface area contributed by atoms with Crippen LogP contribution in [0.25, 0.3) is 10.8 Å². The van der Waals surface area contributed by atoms with Crippen molar-refractivity contribution in [2.45, 2.75) is 0 Å². The SMILES string of the molecule is O=C(Nc1cc(Cl)ccc1Oc1ccc(Cl)c2ccccc12)c1cc(Cl)ccc1O. The van der Waals surface area contributed by atoms with E-state index in [0.29, 0.717) is 32.3 Å². The first-order valence-electron chi connectivity index (χ1n) is 8.87. The van der Waals surface area contributed by atoms with Crippen LogP contribution in [0.4, 0.5) is 5.69 Å². The average molecular weight is 459 g/mol. The zero-order valence-corrected chi connectivity index (χ0v) is 17.6. The maximum absolute atomic E-state index is 12.7. The molecule has 150 valence electrons. The van der Waals surface area contributed by atoms with Gasteiger partial charge in [-0.1, -0.05) is 59.1 Å². The van der Waals surface area contributed by atoms with Crippen molar-refractivity contribution in [3.05, 3.63) is 93.4 Å². The number of halogens is 3. The van der Waals surface area contributed by atoms with Gasteiger partial charge in [0.2, 0.25) is 0 Å². The van der Waals surface area contributed by atoms with Crippen molar-refractivity contribution < 1.29 is 14.6 Å². The lowest BCUT2D eigenvalue weighted by Gasteiger charge is -2.15. The Morgan fingerprint density at radius 3 is 2.27 bits per heavy atom. The molecule has 0 aliphatic carbocycles. The highest BCUT2D eigenvalue weighted by atomic mass is 35.5. The number of carbonyl (C=O) groups excluding carboxylic acids is 1. The molecule has 0 unspecified atom stereocenters. The van der Waals surface area contributed by atoms with Gasteiger partial charge in [-0.3, -0.25) is 4.79 Å². The van der Waals surface area contributed by atoms with Gasteiger partial charge in [0, 0.05) is 25.8 Å². The van der Waals surface area contributed by atoms with Crippen LogP contribution < -0.4 is 10.1 Å². The van der Waals surface area contributed by atoms with E-state index in [4.69, 9.17) is 39.5 Å². The number of rotatable bonds is 4. The Labute approximate surface area is 187 Å². The highest BCUT2D eigenvalue weighted by Crippen LogP contribution is 2.38.